The quantitative estimate of drug-likeness (QED) is 0.863. The van der Waals surface area contributed by atoms with Gasteiger partial charge in [0.25, 0.3) is 0 Å². The number of carbonyl (C=O) groups is 1. The summed E-state index contributed by atoms with van der Waals surface area (Å²) in [5.41, 5.74) is 0.245. The van der Waals surface area contributed by atoms with Gasteiger partial charge in [0, 0.05) is 10.6 Å². The molecule has 1 saturated carbocycles. The lowest BCUT2D eigenvalue weighted by Crippen LogP contribution is -2.15. The summed E-state index contributed by atoms with van der Waals surface area (Å²) in [6.07, 6.45) is 1.72. The minimum absolute atomic E-state index is 0.0816. The molecule has 0 saturated heterocycles. The molecule has 0 aromatic heterocycles. The SMILES string of the molecule is O=C(O)C(c1ccc(Cl)cc1F)C1CC1. The fraction of sp³-hybridized carbons (Fsp3) is 0.364. The van der Waals surface area contributed by atoms with Gasteiger partial charge in [-0.15, -0.1) is 0 Å². The first-order chi connectivity index (χ1) is 7.09. The van der Waals surface area contributed by atoms with Crippen LogP contribution in [0.4, 0.5) is 4.39 Å². The highest BCUT2D eigenvalue weighted by Gasteiger charge is 2.38. The summed E-state index contributed by atoms with van der Waals surface area (Å²) in [5.74, 6) is -2.12. The molecular weight excluding hydrogens is 219 g/mol. The lowest BCUT2D eigenvalue weighted by Gasteiger charge is -2.12. The zero-order valence-corrected chi connectivity index (χ0v) is 8.67. The van der Waals surface area contributed by atoms with Crippen LogP contribution >= 0.6 is 11.6 Å². The first kappa shape index (κ1) is 10.4. The van der Waals surface area contributed by atoms with Gasteiger partial charge < -0.3 is 5.11 Å². The van der Waals surface area contributed by atoms with Gasteiger partial charge >= 0.3 is 5.97 Å². The van der Waals surface area contributed by atoms with Crippen molar-refractivity contribution in [3.63, 3.8) is 0 Å². The van der Waals surface area contributed by atoms with Crippen LogP contribution in [0.2, 0.25) is 5.02 Å². The van der Waals surface area contributed by atoms with E-state index in [9.17, 15) is 9.18 Å². The van der Waals surface area contributed by atoms with Crippen LogP contribution in [0.25, 0.3) is 0 Å². The number of rotatable bonds is 3. The third-order valence-electron chi connectivity index (χ3n) is 2.66. The highest BCUT2D eigenvalue weighted by molar-refractivity contribution is 6.30. The minimum Gasteiger partial charge on any atom is -0.481 e. The Hall–Kier alpha value is -1.09. The molecule has 4 heteroatoms. The van der Waals surface area contributed by atoms with Crippen LogP contribution in [-0.4, -0.2) is 11.1 Å². The molecule has 15 heavy (non-hydrogen) atoms. The summed E-state index contributed by atoms with van der Waals surface area (Å²) in [4.78, 5) is 11.0. The van der Waals surface area contributed by atoms with Crippen molar-refractivity contribution in [2.75, 3.05) is 0 Å². The maximum Gasteiger partial charge on any atom is 0.311 e. The smallest absolute Gasteiger partial charge is 0.311 e. The summed E-state index contributed by atoms with van der Waals surface area (Å²) < 4.78 is 13.5. The van der Waals surface area contributed by atoms with Gasteiger partial charge in [-0.1, -0.05) is 17.7 Å². The Morgan fingerprint density at radius 1 is 1.53 bits per heavy atom. The van der Waals surface area contributed by atoms with E-state index >= 15 is 0 Å². The number of aliphatic carboxylic acids is 1. The monoisotopic (exact) mass is 228 g/mol. The number of halogens is 2. The van der Waals surface area contributed by atoms with Gasteiger partial charge in [0.1, 0.15) is 5.82 Å². The van der Waals surface area contributed by atoms with Gasteiger partial charge in [-0.3, -0.25) is 4.79 Å². The Balaban J connectivity index is 2.37. The molecular formula is C11H10ClFO2. The molecule has 1 N–H and O–H groups in total. The van der Waals surface area contributed by atoms with Gasteiger partial charge in [-0.25, -0.2) is 4.39 Å². The molecule has 1 aliphatic carbocycles. The van der Waals surface area contributed by atoms with Gasteiger partial charge in [0.05, 0.1) is 5.92 Å². The molecule has 1 unspecified atom stereocenters. The molecule has 1 aromatic rings. The number of carboxylic acids is 1. The van der Waals surface area contributed by atoms with Gasteiger partial charge in [0.2, 0.25) is 0 Å². The van der Waals surface area contributed by atoms with Crippen molar-refractivity contribution in [2.24, 2.45) is 5.92 Å². The van der Waals surface area contributed by atoms with E-state index in [1.165, 1.54) is 12.1 Å². The highest BCUT2D eigenvalue weighted by atomic mass is 35.5. The van der Waals surface area contributed by atoms with Crippen LogP contribution in [0.3, 0.4) is 0 Å². The molecule has 2 rings (SSSR count). The second kappa shape index (κ2) is 3.81. The summed E-state index contributed by atoms with van der Waals surface area (Å²) >= 11 is 5.61. The largest absolute Gasteiger partial charge is 0.481 e. The second-order valence-corrected chi connectivity index (χ2v) is 4.26. The first-order valence-corrected chi connectivity index (χ1v) is 5.15. The Kier molecular flexibility index (Phi) is 2.65. The number of benzene rings is 1. The molecule has 80 valence electrons. The fourth-order valence-corrected chi connectivity index (χ4v) is 1.93. The normalized spacial score (nSPS) is 17.5. The van der Waals surface area contributed by atoms with Crippen molar-refractivity contribution in [3.05, 3.63) is 34.6 Å². The van der Waals surface area contributed by atoms with E-state index in [0.29, 0.717) is 0 Å². The van der Waals surface area contributed by atoms with E-state index in [1.54, 1.807) is 0 Å². The van der Waals surface area contributed by atoms with E-state index in [1.807, 2.05) is 0 Å². The van der Waals surface area contributed by atoms with Crippen molar-refractivity contribution in [2.45, 2.75) is 18.8 Å². The predicted octanol–water partition coefficient (Wildman–Crippen LogP) is 3.06. The van der Waals surface area contributed by atoms with Crippen molar-refractivity contribution in [1.82, 2.24) is 0 Å². The number of carboxylic acid groups (broad SMARTS) is 1. The highest BCUT2D eigenvalue weighted by Crippen LogP contribution is 2.43. The van der Waals surface area contributed by atoms with Gasteiger partial charge in [-0.2, -0.15) is 0 Å². The zero-order chi connectivity index (χ0) is 11.0. The van der Waals surface area contributed by atoms with E-state index in [-0.39, 0.29) is 16.5 Å². The van der Waals surface area contributed by atoms with Crippen LogP contribution in [0.1, 0.15) is 24.3 Å². The van der Waals surface area contributed by atoms with Crippen LogP contribution in [0, 0.1) is 11.7 Å². The predicted molar refractivity (Wildman–Crippen MR) is 54.5 cm³/mol. The zero-order valence-electron chi connectivity index (χ0n) is 7.91. The molecule has 0 amide bonds. The van der Waals surface area contributed by atoms with E-state index in [2.05, 4.69) is 0 Å². The van der Waals surface area contributed by atoms with Crippen molar-refractivity contribution in [1.29, 1.82) is 0 Å². The third kappa shape index (κ3) is 2.12. The molecule has 0 radical (unpaired) electrons. The fourth-order valence-electron chi connectivity index (χ4n) is 1.77. The maximum atomic E-state index is 13.5. The van der Waals surface area contributed by atoms with E-state index in [4.69, 9.17) is 16.7 Å². The lowest BCUT2D eigenvalue weighted by molar-refractivity contribution is -0.139. The molecule has 0 aliphatic heterocycles. The number of hydrogen-bond acceptors (Lipinski definition) is 1. The molecule has 1 atom stereocenters. The molecule has 0 bridgehead atoms. The molecule has 2 nitrogen and oxygen atoms in total. The summed E-state index contributed by atoms with van der Waals surface area (Å²) in [6.45, 7) is 0. The Morgan fingerprint density at radius 3 is 2.67 bits per heavy atom. The summed E-state index contributed by atoms with van der Waals surface area (Å²) in [5, 5.41) is 9.32. The van der Waals surface area contributed by atoms with E-state index in [0.717, 1.165) is 18.9 Å². The van der Waals surface area contributed by atoms with Crippen LogP contribution in [-0.2, 0) is 4.79 Å². The molecule has 1 aliphatic rings. The maximum absolute atomic E-state index is 13.5. The van der Waals surface area contributed by atoms with Crippen molar-refractivity contribution >= 4 is 17.6 Å². The van der Waals surface area contributed by atoms with Gasteiger partial charge in [-0.05, 0) is 30.9 Å². The Labute approximate surface area is 91.7 Å². The molecule has 1 aromatic carbocycles. The topological polar surface area (TPSA) is 37.3 Å². The minimum atomic E-state index is -0.960. The van der Waals surface area contributed by atoms with Crippen LogP contribution < -0.4 is 0 Å². The third-order valence-corrected chi connectivity index (χ3v) is 2.89. The average molecular weight is 229 g/mol. The molecule has 0 spiro atoms. The van der Waals surface area contributed by atoms with Gasteiger partial charge in [0.15, 0.2) is 0 Å². The second-order valence-electron chi connectivity index (χ2n) is 3.82. The van der Waals surface area contributed by atoms with Crippen LogP contribution in [0.15, 0.2) is 18.2 Å². The molecule has 0 heterocycles. The van der Waals surface area contributed by atoms with Crippen molar-refractivity contribution in [3.8, 4) is 0 Å². The Bertz CT molecular complexity index is 402. The Morgan fingerprint density at radius 2 is 2.20 bits per heavy atom. The summed E-state index contributed by atoms with van der Waals surface area (Å²) in [6, 6.07) is 4.16. The number of hydrogen-bond donors (Lipinski definition) is 1. The van der Waals surface area contributed by atoms with Crippen molar-refractivity contribution < 1.29 is 14.3 Å². The summed E-state index contributed by atoms with van der Waals surface area (Å²) in [7, 11) is 0. The van der Waals surface area contributed by atoms with E-state index < -0.39 is 17.7 Å². The lowest BCUT2D eigenvalue weighted by atomic mass is 9.94. The molecule has 1 fully saturated rings. The standard InChI is InChI=1S/C11H10ClFO2/c12-7-3-4-8(9(13)5-7)10(11(14)15)6-1-2-6/h3-6,10H,1-2H2,(H,14,15). The van der Waals surface area contributed by atoms with Crippen LogP contribution in [0.5, 0.6) is 0 Å². The average Bonchev–Trinajstić information content (AvgIpc) is 2.92. The first-order valence-electron chi connectivity index (χ1n) is 4.77.